The Kier molecular flexibility index (Phi) is 3.52. The van der Waals surface area contributed by atoms with Crippen LogP contribution in [0.4, 0.5) is 10.1 Å². The fourth-order valence-corrected chi connectivity index (χ4v) is 1.42. The number of halogens is 1. The zero-order valence-corrected chi connectivity index (χ0v) is 9.47. The number of aromatic nitrogens is 1. The van der Waals surface area contributed by atoms with Gasteiger partial charge in [-0.15, -0.1) is 0 Å². The van der Waals surface area contributed by atoms with Crippen LogP contribution in [0.5, 0.6) is 0 Å². The van der Waals surface area contributed by atoms with Crippen molar-refractivity contribution in [1.29, 1.82) is 0 Å². The molecule has 1 aromatic carbocycles. The van der Waals surface area contributed by atoms with Crippen LogP contribution in [-0.4, -0.2) is 11.0 Å². The maximum Gasteiger partial charge on any atom is 0.340 e. The van der Waals surface area contributed by atoms with Gasteiger partial charge in [0.15, 0.2) is 0 Å². The summed E-state index contributed by atoms with van der Waals surface area (Å²) < 4.78 is 17.9. The number of hydrogen-bond donors (Lipinski definition) is 1. The Bertz CT molecular complexity index is 558. The fraction of sp³-hybridized carbons (Fsp3) is 0.0769. The van der Waals surface area contributed by atoms with Crippen molar-refractivity contribution in [3.8, 4) is 0 Å². The van der Waals surface area contributed by atoms with Crippen LogP contribution in [0, 0.1) is 5.82 Å². The summed E-state index contributed by atoms with van der Waals surface area (Å²) in [6.07, 6.45) is 1.61. The fourth-order valence-electron chi connectivity index (χ4n) is 1.42. The summed E-state index contributed by atoms with van der Waals surface area (Å²) in [5.74, 6) is -1.09. The van der Waals surface area contributed by atoms with E-state index in [1.54, 1.807) is 24.4 Å². The SMILES string of the molecule is Nc1cc(F)ccc1C(=O)OCc1ccccn1. The van der Waals surface area contributed by atoms with Crippen LogP contribution in [-0.2, 0) is 11.3 Å². The summed E-state index contributed by atoms with van der Waals surface area (Å²) in [7, 11) is 0. The third-order valence-electron chi connectivity index (χ3n) is 2.31. The molecule has 0 aliphatic carbocycles. The molecule has 92 valence electrons. The van der Waals surface area contributed by atoms with Gasteiger partial charge in [0.05, 0.1) is 11.3 Å². The molecule has 5 heteroatoms. The van der Waals surface area contributed by atoms with E-state index in [1.807, 2.05) is 0 Å². The van der Waals surface area contributed by atoms with Gasteiger partial charge in [-0.3, -0.25) is 4.98 Å². The minimum Gasteiger partial charge on any atom is -0.456 e. The second-order valence-corrected chi connectivity index (χ2v) is 3.63. The zero-order chi connectivity index (χ0) is 13.0. The molecule has 0 bridgehead atoms. The average Bonchev–Trinajstić information content (AvgIpc) is 2.37. The number of benzene rings is 1. The summed E-state index contributed by atoms with van der Waals surface area (Å²) >= 11 is 0. The largest absolute Gasteiger partial charge is 0.456 e. The van der Waals surface area contributed by atoms with Crippen LogP contribution >= 0.6 is 0 Å². The molecular formula is C13H11FN2O2. The summed E-state index contributed by atoms with van der Waals surface area (Å²) in [6.45, 7) is 0.0521. The van der Waals surface area contributed by atoms with Gasteiger partial charge in [-0.1, -0.05) is 6.07 Å². The number of nitrogens with zero attached hydrogens (tertiary/aromatic N) is 1. The molecule has 0 unspecified atom stereocenters. The maximum absolute atomic E-state index is 12.8. The summed E-state index contributed by atoms with van der Waals surface area (Å²) in [5, 5.41) is 0. The Morgan fingerprint density at radius 2 is 2.17 bits per heavy atom. The van der Waals surface area contributed by atoms with Gasteiger partial charge in [0.25, 0.3) is 0 Å². The quantitative estimate of drug-likeness (QED) is 0.665. The predicted octanol–water partition coefficient (Wildman–Crippen LogP) is 2.16. The Labute approximate surface area is 103 Å². The highest BCUT2D eigenvalue weighted by Crippen LogP contribution is 2.15. The first-order chi connectivity index (χ1) is 8.66. The van der Waals surface area contributed by atoms with Gasteiger partial charge in [-0.05, 0) is 30.3 Å². The van der Waals surface area contributed by atoms with E-state index in [-0.39, 0.29) is 17.9 Å². The number of nitrogen functional groups attached to an aromatic ring is 1. The Morgan fingerprint density at radius 1 is 1.33 bits per heavy atom. The van der Waals surface area contributed by atoms with E-state index in [1.165, 1.54) is 6.07 Å². The highest BCUT2D eigenvalue weighted by atomic mass is 19.1. The highest BCUT2D eigenvalue weighted by Gasteiger charge is 2.12. The number of nitrogens with two attached hydrogens (primary N) is 1. The predicted molar refractivity (Wildman–Crippen MR) is 64.2 cm³/mol. The van der Waals surface area contributed by atoms with Crippen molar-refractivity contribution in [2.24, 2.45) is 0 Å². The number of pyridine rings is 1. The summed E-state index contributed by atoms with van der Waals surface area (Å²) in [5.41, 5.74) is 6.37. The van der Waals surface area contributed by atoms with Crippen molar-refractivity contribution in [2.75, 3.05) is 5.73 Å². The van der Waals surface area contributed by atoms with E-state index in [0.29, 0.717) is 5.69 Å². The van der Waals surface area contributed by atoms with Crippen LogP contribution in [0.15, 0.2) is 42.6 Å². The lowest BCUT2D eigenvalue weighted by molar-refractivity contribution is 0.0469. The van der Waals surface area contributed by atoms with Crippen LogP contribution in [0.2, 0.25) is 0 Å². The second-order valence-electron chi connectivity index (χ2n) is 3.63. The van der Waals surface area contributed by atoms with Gasteiger partial charge >= 0.3 is 5.97 Å². The molecule has 0 saturated carbocycles. The number of ether oxygens (including phenoxy) is 1. The Balaban J connectivity index is 2.04. The number of esters is 1. The van der Waals surface area contributed by atoms with Crippen LogP contribution in [0.25, 0.3) is 0 Å². The number of rotatable bonds is 3. The molecule has 18 heavy (non-hydrogen) atoms. The molecule has 0 saturated heterocycles. The highest BCUT2D eigenvalue weighted by molar-refractivity contribution is 5.94. The molecule has 1 heterocycles. The lowest BCUT2D eigenvalue weighted by atomic mass is 10.2. The minimum absolute atomic E-state index is 0.0521. The Morgan fingerprint density at radius 3 is 2.83 bits per heavy atom. The summed E-state index contributed by atoms with van der Waals surface area (Å²) in [4.78, 5) is 15.7. The van der Waals surface area contributed by atoms with Gasteiger partial charge in [-0.25, -0.2) is 9.18 Å². The lowest BCUT2D eigenvalue weighted by Crippen LogP contribution is -2.09. The molecule has 2 aromatic rings. The molecule has 0 radical (unpaired) electrons. The minimum atomic E-state index is -0.599. The third-order valence-corrected chi connectivity index (χ3v) is 2.31. The van der Waals surface area contributed by atoms with Gasteiger partial charge in [0.2, 0.25) is 0 Å². The first kappa shape index (κ1) is 12.0. The molecule has 1 aromatic heterocycles. The molecule has 0 aliphatic rings. The van der Waals surface area contributed by atoms with Crippen molar-refractivity contribution in [2.45, 2.75) is 6.61 Å². The molecular weight excluding hydrogens is 235 g/mol. The number of anilines is 1. The number of hydrogen-bond acceptors (Lipinski definition) is 4. The molecule has 0 fully saturated rings. The van der Waals surface area contributed by atoms with Gasteiger partial charge < -0.3 is 10.5 Å². The molecule has 4 nitrogen and oxygen atoms in total. The van der Waals surface area contributed by atoms with E-state index in [2.05, 4.69) is 4.98 Å². The smallest absolute Gasteiger partial charge is 0.340 e. The van der Waals surface area contributed by atoms with Crippen molar-refractivity contribution >= 4 is 11.7 Å². The van der Waals surface area contributed by atoms with Crippen LogP contribution in [0.1, 0.15) is 16.1 Å². The van der Waals surface area contributed by atoms with E-state index >= 15 is 0 Å². The maximum atomic E-state index is 12.8. The zero-order valence-electron chi connectivity index (χ0n) is 9.47. The van der Waals surface area contributed by atoms with Crippen molar-refractivity contribution < 1.29 is 13.9 Å². The molecule has 0 atom stereocenters. The van der Waals surface area contributed by atoms with E-state index in [9.17, 15) is 9.18 Å². The molecule has 2 rings (SSSR count). The monoisotopic (exact) mass is 246 g/mol. The van der Waals surface area contributed by atoms with Crippen molar-refractivity contribution in [3.05, 3.63) is 59.7 Å². The number of carbonyl (C=O) groups excluding carboxylic acids is 1. The first-order valence-electron chi connectivity index (χ1n) is 5.29. The van der Waals surface area contributed by atoms with Crippen molar-refractivity contribution in [3.63, 3.8) is 0 Å². The molecule has 0 amide bonds. The topological polar surface area (TPSA) is 65.2 Å². The van der Waals surface area contributed by atoms with Crippen LogP contribution < -0.4 is 5.73 Å². The van der Waals surface area contributed by atoms with Gasteiger partial charge in [0, 0.05) is 11.9 Å². The van der Waals surface area contributed by atoms with Crippen LogP contribution in [0.3, 0.4) is 0 Å². The Hall–Kier alpha value is -2.43. The molecule has 0 spiro atoms. The lowest BCUT2D eigenvalue weighted by Gasteiger charge is -2.06. The third kappa shape index (κ3) is 2.82. The van der Waals surface area contributed by atoms with E-state index < -0.39 is 11.8 Å². The van der Waals surface area contributed by atoms with Crippen molar-refractivity contribution in [1.82, 2.24) is 4.98 Å². The average molecular weight is 246 g/mol. The summed E-state index contributed by atoms with van der Waals surface area (Å²) in [6, 6.07) is 8.84. The molecule has 0 aliphatic heterocycles. The van der Waals surface area contributed by atoms with E-state index in [4.69, 9.17) is 10.5 Å². The normalized spacial score (nSPS) is 10.1. The van der Waals surface area contributed by atoms with Gasteiger partial charge in [0.1, 0.15) is 12.4 Å². The number of carbonyl (C=O) groups is 1. The van der Waals surface area contributed by atoms with Gasteiger partial charge in [-0.2, -0.15) is 0 Å². The first-order valence-corrected chi connectivity index (χ1v) is 5.29. The standard InChI is InChI=1S/C13H11FN2O2/c14-9-4-5-11(12(15)7-9)13(17)18-8-10-3-1-2-6-16-10/h1-7H,8,15H2. The van der Waals surface area contributed by atoms with E-state index in [0.717, 1.165) is 12.1 Å². The molecule has 2 N–H and O–H groups in total. The second kappa shape index (κ2) is 5.27.